The molecule has 0 aliphatic carbocycles. The third-order valence-corrected chi connectivity index (χ3v) is 2.36. The molecule has 0 aliphatic rings. The molecule has 0 fully saturated rings. The van der Waals surface area contributed by atoms with Crippen LogP contribution in [0.5, 0.6) is 0 Å². The Morgan fingerprint density at radius 1 is 1.20 bits per heavy atom. The number of alkyl halides is 1. The van der Waals surface area contributed by atoms with Crippen molar-refractivity contribution in [3.63, 3.8) is 0 Å². The van der Waals surface area contributed by atoms with Gasteiger partial charge in [0, 0.05) is 23.8 Å². The fourth-order valence-electron chi connectivity index (χ4n) is 1.44. The van der Waals surface area contributed by atoms with Crippen LogP contribution in [-0.4, -0.2) is 15.8 Å². The van der Waals surface area contributed by atoms with E-state index >= 15 is 0 Å². The van der Waals surface area contributed by atoms with Crippen molar-refractivity contribution in [1.82, 2.24) is 9.97 Å². The van der Waals surface area contributed by atoms with Gasteiger partial charge in [-0.1, -0.05) is 18.2 Å². The summed E-state index contributed by atoms with van der Waals surface area (Å²) >= 11 is 5.71. The monoisotopic (exact) mass is 218 g/mol. The van der Waals surface area contributed by atoms with Gasteiger partial charge in [-0.05, 0) is 18.1 Å². The molecule has 15 heavy (non-hydrogen) atoms. The van der Waals surface area contributed by atoms with Gasteiger partial charge in [0.05, 0.1) is 11.9 Å². The topological polar surface area (TPSA) is 25.8 Å². The Bertz CT molecular complexity index is 429. The predicted octanol–water partition coefficient (Wildman–Crippen LogP) is 2.92. The van der Waals surface area contributed by atoms with Gasteiger partial charge >= 0.3 is 0 Å². The summed E-state index contributed by atoms with van der Waals surface area (Å²) in [4.78, 5) is 8.30. The molecule has 2 aromatic rings. The average molecular weight is 219 g/mol. The molecule has 1 aromatic heterocycles. The van der Waals surface area contributed by atoms with Gasteiger partial charge in [-0.25, -0.2) is 0 Å². The number of benzene rings is 1. The Balaban J connectivity index is 2.33. The van der Waals surface area contributed by atoms with E-state index in [1.165, 1.54) is 5.56 Å². The van der Waals surface area contributed by atoms with Crippen LogP contribution in [-0.2, 0) is 6.42 Å². The predicted molar refractivity (Wildman–Crippen MR) is 61.9 cm³/mol. The quantitative estimate of drug-likeness (QED) is 0.741. The molecule has 76 valence electrons. The van der Waals surface area contributed by atoms with E-state index in [9.17, 15) is 0 Å². The van der Waals surface area contributed by atoms with Gasteiger partial charge in [0.25, 0.3) is 0 Å². The highest BCUT2D eigenvalue weighted by Gasteiger charge is 1.99. The summed E-state index contributed by atoms with van der Waals surface area (Å²) in [7, 11) is 0. The first-order chi connectivity index (χ1) is 7.40. The third-order valence-electron chi connectivity index (χ3n) is 2.17. The van der Waals surface area contributed by atoms with Crippen molar-refractivity contribution >= 4 is 11.6 Å². The molecule has 2 rings (SSSR count). The minimum absolute atomic E-state index is 0.643. The Morgan fingerprint density at radius 2 is 2.13 bits per heavy atom. The van der Waals surface area contributed by atoms with E-state index in [0.717, 1.165) is 17.7 Å². The molecule has 0 aliphatic heterocycles. The van der Waals surface area contributed by atoms with Gasteiger partial charge < -0.3 is 0 Å². The second-order valence-electron chi connectivity index (χ2n) is 3.23. The second kappa shape index (κ2) is 4.89. The van der Waals surface area contributed by atoms with E-state index in [2.05, 4.69) is 22.1 Å². The van der Waals surface area contributed by atoms with Crippen LogP contribution >= 0.6 is 11.6 Å². The number of aryl methyl sites for hydroxylation is 1. The Hall–Kier alpha value is -1.41. The smallest absolute Gasteiger partial charge is 0.0885 e. The van der Waals surface area contributed by atoms with Crippen LogP contribution in [0.1, 0.15) is 5.56 Å². The minimum atomic E-state index is 0.643. The maximum Gasteiger partial charge on any atom is 0.0885 e. The molecule has 0 N–H and O–H groups in total. The highest BCUT2D eigenvalue weighted by molar-refractivity contribution is 6.17. The molecule has 0 saturated heterocycles. The van der Waals surface area contributed by atoms with Crippen LogP contribution in [0.2, 0.25) is 0 Å². The summed E-state index contributed by atoms with van der Waals surface area (Å²) in [5.41, 5.74) is 3.22. The summed E-state index contributed by atoms with van der Waals surface area (Å²) in [5, 5.41) is 0. The Kier molecular flexibility index (Phi) is 3.30. The standard InChI is InChI=1S/C12H11ClN2/c13-5-4-10-2-1-3-11(8-10)12-9-14-6-7-15-12/h1-3,6-9H,4-5H2. The van der Waals surface area contributed by atoms with Crippen LogP contribution < -0.4 is 0 Å². The van der Waals surface area contributed by atoms with Gasteiger partial charge in [0.2, 0.25) is 0 Å². The summed E-state index contributed by atoms with van der Waals surface area (Å²) in [6, 6.07) is 8.22. The number of nitrogens with zero attached hydrogens (tertiary/aromatic N) is 2. The number of hydrogen-bond donors (Lipinski definition) is 0. The Morgan fingerprint density at radius 3 is 2.87 bits per heavy atom. The molecular weight excluding hydrogens is 208 g/mol. The average Bonchev–Trinajstić information content (AvgIpc) is 2.31. The van der Waals surface area contributed by atoms with Crippen molar-refractivity contribution in [2.24, 2.45) is 0 Å². The van der Waals surface area contributed by atoms with Crippen molar-refractivity contribution in [1.29, 1.82) is 0 Å². The molecule has 0 atom stereocenters. The normalized spacial score (nSPS) is 10.2. The zero-order valence-corrected chi connectivity index (χ0v) is 8.98. The Labute approximate surface area is 94.0 Å². The van der Waals surface area contributed by atoms with Crippen LogP contribution in [0.25, 0.3) is 11.3 Å². The van der Waals surface area contributed by atoms with Crippen molar-refractivity contribution in [3.05, 3.63) is 48.4 Å². The summed E-state index contributed by atoms with van der Waals surface area (Å²) in [6.45, 7) is 0. The first kappa shape index (κ1) is 10.1. The molecule has 0 amide bonds. The fraction of sp³-hybridized carbons (Fsp3) is 0.167. The molecule has 3 heteroatoms. The van der Waals surface area contributed by atoms with Crippen molar-refractivity contribution < 1.29 is 0 Å². The van der Waals surface area contributed by atoms with Crippen molar-refractivity contribution in [3.8, 4) is 11.3 Å². The zero-order valence-electron chi connectivity index (χ0n) is 8.23. The van der Waals surface area contributed by atoms with Crippen molar-refractivity contribution in [2.75, 3.05) is 5.88 Å². The summed E-state index contributed by atoms with van der Waals surface area (Å²) in [6.07, 6.45) is 6.02. The lowest BCUT2D eigenvalue weighted by Crippen LogP contribution is -1.88. The van der Waals surface area contributed by atoms with E-state index in [4.69, 9.17) is 11.6 Å². The highest BCUT2D eigenvalue weighted by atomic mass is 35.5. The van der Waals surface area contributed by atoms with E-state index in [1.807, 2.05) is 12.1 Å². The van der Waals surface area contributed by atoms with Gasteiger partial charge in [0.15, 0.2) is 0 Å². The highest BCUT2D eigenvalue weighted by Crippen LogP contribution is 2.17. The van der Waals surface area contributed by atoms with Crippen LogP contribution in [0.4, 0.5) is 0 Å². The molecule has 0 radical (unpaired) electrons. The number of halogens is 1. The number of hydrogen-bond acceptors (Lipinski definition) is 2. The van der Waals surface area contributed by atoms with Gasteiger partial charge in [-0.15, -0.1) is 11.6 Å². The van der Waals surface area contributed by atoms with E-state index in [1.54, 1.807) is 18.6 Å². The number of rotatable bonds is 3. The molecule has 0 spiro atoms. The lowest BCUT2D eigenvalue weighted by Gasteiger charge is -2.02. The maximum atomic E-state index is 5.71. The largest absolute Gasteiger partial charge is 0.261 e. The molecule has 0 saturated carbocycles. The lowest BCUT2D eigenvalue weighted by atomic mass is 10.1. The molecular formula is C12H11ClN2. The van der Waals surface area contributed by atoms with Crippen LogP contribution in [0, 0.1) is 0 Å². The first-order valence-corrected chi connectivity index (χ1v) is 5.35. The minimum Gasteiger partial charge on any atom is -0.261 e. The lowest BCUT2D eigenvalue weighted by molar-refractivity contribution is 1.14. The van der Waals surface area contributed by atoms with E-state index in [0.29, 0.717) is 5.88 Å². The second-order valence-corrected chi connectivity index (χ2v) is 3.61. The molecule has 0 bridgehead atoms. The third kappa shape index (κ3) is 2.54. The summed E-state index contributed by atoms with van der Waals surface area (Å²) in [5.74, 6) is 0.643. The first-order valence-electron chi connectivity index (χ1n) is 4.81. The van der Waals surface area contributed by atoms with Crippen molar-refractivity contribution in [2.45, 2.75) is 6.42 Å². The number of aromatic nitrogens is 2. The molecule has 0 unspecified atom stereocenters. The zero-order chi connectivity index (χ0) is 10.5. The van der Waals surface area contributed by atoms with E-state index < -0.39 is 0 Å². The van der Waals surface area contributed by atoms with E-state index in [-0.39, 0.29) is 0 Å². The van der Waals surface area contributed by atoms with Gasteiger partial charge in [0.1, 0.15) is 0 Å². The fourth-order valence-corrected chi connectivity index (χ4v) is 1.66. The van der Waals surface area contributed by atoms with Crippen LogP contribution in [0.15, 0.2) is 42.9 Å². The maximum absolute atomic E-state index is 5.71. The molecule has 1 aromatic carbocycles. The SMILES string of the molecule is ClCCc1cccc(-c2cnccn2)c1. The van der Waals surface area contributed by atoms with Gasteiger partial charge in [-0.2, -0.15) is 0 Å². The molecule has 1 heterocycles. The van der Waals surface area contributed by atoms with Crippen LogP contribution in [0.3, 0.4) is 0 Å². The summed E-state index contributed by atoms with van der Waals surface area (Å²) < 4.78 is 0. The van der Waals surface area contributed by atoms with Gasteiger partial charge in [-0.3, -0.25) is 9.97 Å². The molecule has 2 nitrogen and oxygen atoms in total.